The number of benzene rings is 1. The van der Waals surface area contributed by atoms with Crippen molar-refractivity contribution in [1.82, 2.24) is 20.2 Å². The summed E-state index contributed by atoms with van der Waals surface area (Å²) in [6, 6.07) is 9.52. The van der Waals surface area contributed by atoms with Gasteiger partial charge in [0.1, 0.15) is 0 Å². The fourth-order valence-corrected chi connectivity index (χ4v) is 4.32. The van der Waals surface area contributed by atoms with Crippen LogP contribution in [0.4, 0.5) is 11.6 Å². The van der Waals surface area contributed by atoms with Crippen LogP contribution in [0.2, 0.25) is 5.02 Å². The summed E-state index contributed by atoms with van der Waals surface area (Å²) in [5.41, 5.74) is 1.07. The standard InChI is InChI=1S/C22H27ClN6O2/c23-18-5-1-6-19(14-18)27-10-12-28(13-11-27)20(30)15-26-21(31)17-4-2-9-29(16-17)22-24-7-3-8-25-22/h1,3,5-8,14,17H,2,4,9-13,15-16H2,(H,26,31). The average Bonchev–Trinajstić information content (AvgIpc) is 2.83. The third-order valence-corrected chi connectivity index (χ3v) is 6.08. The van der Waals surface area contributed by atoms with Gasteiger partial charge in [0.15, 0.2) is 0 Å². The molecule has 0 aliphatic carbocycles. The maximum Gasteiger partial charge on any atom is 0.242 e. The fraction of sp³-hybridized carbons (Fsp3) is 0.455. The normalized spacial score (nSPS) is 19.3. The highest BCUT2D eigenvalue weighted by molar-refractivity contribution is 6.30. The van der Waals surface area contributed by atoms with Crippen molar-refractivity contribution in [1.29, 1.82) is 0 Å². The molecule has 1 aromatic carbocycles. The number of carbonyl (C=O) groups excluding carboxylic acids is 2. The van der Waals surface area contributed by atoms with Gasteiger partial charge in [0.05, 0.1) is 12.5 Å². The first kappa shape index (κ1) is 21.4. The Balaban J connectivity index is 1.23. The number of piperidine rings is 1. The van der Waals surface area contributed by atoms with Crippen molar-refractivity contribution in [2.45, 2.75) is 12.8 Å². The van der Waals surface area contributed by atoms with Crippen LogP contribution in [0, 0.1) is 5.92 Å². The van der Waals surface area contributed by atoms with Crippen LogP contribution >= 0.6 is 11.6 Å². The summed E-state index contributed by atoms with van der Waals surface area (Å²) in [5.74, 6) is 0.364. The van der Waals surface area contributed by atoms with Gasteiger partial charge in [-0.1, -0.05) is 17.7 Å². The minimum absolute atomic E-state index is 0.0360. The molecule has 1 aromatic heterocycles. The monoisotopic (exact) mass is 442 g/mol. The van der Waals surface area contributed by atoms with Crippen molar-refractivity contribution in [2.24, 2.45) is 5.92 Å². The summed E-state index contributed by atoms with van der Waals surface area (Å²) in [6.45, 7) is 4.19. The summed E-state index contributed by atoms with van der Waals surface area (Å²) in [6.07, 6.45) is 5.12. The van der Waals surface area contributed by atoms with Gasteiger partial charge in [0.25, 0.3) is 0 Å². The number of nitrogens with zero attached hydrogens (tertiary/aromatic N) is 5. The Bertz CT molecular complexity index is 904. The van der Waals surface area contributed by atoms with E-state index in [4.69, 9.17) is 11.6 Å². The predicted molar refractivity (Wildman–Crippen MR) is 120 cm³/mol. The largest absolute Gasteiger partial charge is 0.368 e. The van der Waals surface area contributed by atoms with Crippen LogP contribution in [0.1, 0.15) is 12.8 Å². The van der Waals surface area contributed by atoms with E-state index < -0.39 is 0 Å². The molecule has 1 unspecified atom stereocenters. The number of rotatable bonds is 5. The number of piperazine rings is 1. The molecule has 0 radical (unpaired) electrons. The molecule has 164 valence electrons. The zero-order chi connectivity index (χ0) is 21.6. The first-order valence-corrected chi connectivity index (χ1v) is 11.1. The molecule has 2 aromatic rings. The summed E-state index contributed by atoms with van der Waals surface area (Å²) >= 11 is 6.08. The lowest BCUT2D eigenvalue weighted by molar-refractivity contribution is -0.134. The molecule has 8 nitrogen and oxygen atoms in total. The lowest BCUT2D eigenvalue weighted by Gasteiger charge is -2.36. The highest BCUT2D eigenvalue weighted by Gasteiger charge is 2.28. The Hall–Kier alpha value is -2.87. The van der Waals surface area contributed by atoms with E-state index in [1.165, 1.54) is 0 Å². The number of aromatic nitrogens is 2. The van der Waals surface area contributed by atoms with E-state index in [1.807, 2.05) is 34.1 Å². The molecule has 3 heterocycles. The van der Waals surface area contributed by atoms with Crippen LogP contribution in [0.5, 0.6) is 0 Å². The number of carbonyl (C=O) groups is 2. The molecule has 1 N–H and O–H groups in total. The molecule has 2 aliphatic rings. The first-order valence-electron chi connectivity index (χ1n) is 10.7. The van der Waals surface area contributed by atoms with E-state index in [1.54, 1.807) is 18.5 Å². The SMILES string of the molecule is O=C(NCC(=O)N1CCN(c2cccc(Cl)c2)CC1)C1CCCN(c2ncccn2)C1. The topological polar surface area (TPSA) is 81.7 Å². The van der Waals surface area contributed by atoms with E-state index in [-0.39, 0.29) is 24.3 Å². The van der Waals surface area contributed by atoms with E-state index in [0.717, 1.165) is 38.2 Å². The van der Waals surface area contributed by atoms with Gasteiger partial charge in [0, 0.05) is 62.4 Å². The van der Waals surface area contributed by atoms with Crippen molar-refractivity contribution in [3.63, 3.8) is 0 Å². The second kappa shape index (κ2) is 9.96. The molecular formula is C22H27ClN6O2. The lowest BCUT2D eigenvalue weighted by atomic mass is 9.97. The third kappa shape index (κ3) is 5.44. The third-order valence-electron chi connectivity index (χ3n) is 5.85. The second-order valence-corrected chi connectivity index (χ2v) is 8.34. The Morgan fingerprint density at radius 2 is 1.81 bits per heavy atom. The number of amides is 2. The van der Waals surface area contributed by atoms with Crippen LogP contribution < -0.4 is 15.1 Å². The Labute approximate surface area is 187 Å². The van der Waals surface area contributed by atoms with Crippen molar-refractivity contribution in [2.75, 3.05) is 55.6 Å². The van der Waals surface area contributed by atoms with Crippen molar-refractivity contribution in [3.05, 3.63) is 47.7 Å². The van der Waals surface area contributed by atoms with Crippen molar-refractivity contribution in [3.8, 4) is 0 Å². The molecule has 2 aliphatic heterocycles. The molecular weight excluding hydrogens is 416 g/mol. The van der Waals surface area contributed by atoms with Gasteiger partial charge < -0.3 is 20.0 Å². The van der Waals surface area contributed by atoms with Gasteiger partial charge in [0.2, 0.25) is 17.8 Å². The molecule has 1 atom stereocenters. The number of hydrogen-bond acceptors (Lipinski definition) is 6. The maximum absolute atomic E-state index is 12.7. The molecule has 9 heteroatoms. The Morgan fingerprint density at radius 3 is 2.55 bits per heavy atom. The Morgan fingerprint density at radius 1 is 1.03 bits per heavy atom. The van der Waals surface area contributed by atoms with Crippen LogP contribution in [0.3, 0.4) is 0 Å². The van der Waals surface area contributed by atoms with E-state index in [2.05, 4.69) is 20.2 Å². The molecule has 0 spiro atoms. The second-order valence-electron chi connectivity index (χ2n) is 7.90. The molecule has 0 bridgehead atoms. The van der Waals surface area contributed by atoms with Gasteiger partial charge in [-0.05, 0) is 37.1 Å². The molecule has 2 amide bonds. The van der Waals surface area contributed by atoms with Gasteiger partial charge in [-0.3, -0.25) is 9.59 Å². The van der Waals surface area contributed by atoms with Crippen LogP contribution in [0.25, 0.3) is 0 Å². The van der Waals surface area contributed by atoms with Gasteiger partial charge in [-0.25, -0.2) is 9.97 Å². The summed E-state index contributed by atoms with van der Waals surface area (Å²) in [4.78, 5) is 39.9. The Kier molecular flexibility index (Phi) is 6.86. The molecule has 4 rings (SSSR count). The number of halogens is 1. The van der Waals surface area contributed by atoms with E-state index >= 15 is 0 Å². The zero-order valence-corrected chi connectivity index (χ0v) is 18.2. The van der Waals surface area contributed by atoms with Crippen molar-refractivity contribution < 1.29 is 9.59 Å². The summed E-state index contributed by atoms with van der Waals surface area (Å²) in [7, 11) is 0. The highest BCUT2D eigenvalue weighted by atomic mass is 35.5. The average molecular weight is 443 g/mol. The first-order chi connectivity index (χ1) is 15.1. The van der Waals surface area contributed by atoms with Gasteiger partial charge in [-0.2, -0.15) is 0 Å². The molecule has 2 saturated heterocycles. The van der Waals surface area contributed by atoms with E-state index in [0.29, 0.717) is 30.6 Å². The van der Waals surface area contributed by atoms with Crippen LogP contribution in [-0.4, -0.2) is 72.5 Å². The lowest BCUT2D eigenvalue weighted by Crippen LogP contribution is -2.52. The zero-order valence-electron chi connectivity index (χ0n) is 17.4. The van der Waals surface area contributed by atoms with Gasteiger partial charge >= 0.3 is 0 Å². The minimum atomic E-state index is -0.162. The fourth-order valence-electron chi connectivity index (χ4n) is 4.13. The predicted octanol–water partition coefficient (Wildman–Crippen LogP) is 1.81. The summed E-state index contributed by atoms with van der Waals surface area (Å²) in [5, 5.41) is 3.55. The van der Waals surface area contributed by atoms with Crippen LogP contribution in [-0.2, 0) is 9.59 Å². The maximum atomic E-state index is 12.7. The van der Waals surface area contributed by atoms with Crippen molar-refractivity contribution >= 4 is 35.1 Å². The number of nitrogens with one attached hydrogen (secondary N) is 1. The summed E-state index contributed by atoms with van der Waals surface area (Å²) < 4.78 is 0. The molecule has 31 heavy (non-hydrogen) atoms. The highest BCUT2D eigenvalue weighted by Crippen LogP contribution is 2.21. The number of hydrogen-bond donors (Lipinski definition) is 1. The van der Waals surface area contributed by atoms with E-state index in [9.17, 15) is 9.59 Å². The van der Waals surface area contributed by atoms with Gasteiger partial charge in [-0.15, -0.1) is 0 Å². The minimum Gasteiger partial charge on any atom is -0.368 e. The molecule has 0 saturated carbocycles. The van der Waals surface area contributed by atoms with Crippen LogP contribution in [0.15, 0.2) is 42.7 Å². The smallest absolute Gasteiger partial charge is 0.242 e. The number of anilines is 2. The molecule has 2 fully saturated rings. The quantitative estimate of drug-likeness (QED) is 0.760.